The molecule has 2 amide bonds. The monoisotopic (exact) mass is 275 g/mol. The van der Waals surface area contributed by atoms with E-state index in [0.29, 0.717) is 0 Å². The predicted octanol–water partition coefficient (Wildman–Crippen LogP) is 3.60. The Hall–Kier alpha value is -1.71. The van der Waals surface area contributed by atoms with Crippen LogP contribution in [0.4, 0.5) is 16.2 Å². The van der Waals surface area contributed by atoms with Crippen molar-refractivity contribution in [1.82, 2.24) is 5.32 Å². The molecule has 1 aromatic rings. The van der Waals surface area contributed by atoms with Gasteiger partial charge in [0.25, 0.3) is 0 Å². The number of hydrogen-bond acceptors (Lipinski definition) is 2. The highest BCUT2D eigenvalue weighted by Crippen LogP contribution is 2.21. The van der Waals surface area contributed by atoms with Crippen LogP contribution in [0.1, 0.15) is 39.0 Å². The van der Waals surface area contributed by atoms with E-state index in [0.717, 1.165) is 31.0 Å². The van der Waals surface area contributed by atoms with Crippen LogP contribution in [0.15, 0.2) is 24.3 Å². The summed E-state index contributed by atoms with van der Waals surface area (Å²) in [7, 11) is 0. The molecule has 20 heavy (non-hydrogen) atoms. The van der Waals surface area contributed by atoms with E-state index < -0.39 is 0 Å². The lowest BCUT2D eigenvalue weighted by molar-refractivity contribution is 0.252. The summed E-state index contributed by atoms with van der Waals surface area (Å²) < 4.78 is 0. The van der Waals surface area contributed by atoms with Crippen molar-refractivity contribution in [3.05, 3.63) is 24.3 Å². The van der Waals surface area contributed by atoms with Gasteiger partial charge in [-0.25, -0.2) is 4.79 Å². The highest BCUT2D eigenvalue weighted by molar-refractivity contribution is 5.94. The van der Waals surface area contributed by atoms with Gasteiger partial charge in [-0.1, -0.05) is 38.7 Å². The van der Waals surface area contributed by atoms with Gasteiger partial charge in [-0.15, -0.1) is 0 Å². The van der Waals surface area contributed by atoms with E-state index in [9.17, 15) is 4.79 Å². The summed E-state index contributed by atoms with van der Waals surface area (Å²) in [6, 6.07) is 8.10. The zero-order valence-electron chi connectivity index (χ0n) is 12.3. The Kier molecular flexibility index (Phi) is 5.71. The summed E-state index contributed by atoms with van der Waals surface area (Å²) in [5, 5.41) is 6.27. The molecular formula is C16H25N3O. The average Bonchev–Trinajstić information content (AvgIpc) is 2.89. The van der Waals surface area contributed by atoms with Crippen LogP contribution in [0.5, 0.6) is 0 Å². The van der Waals surface area contributed by atoms with Crippen molar-refractivity contribution >= 4 is 17.4 Å². The van der Waals surface area contributed by atoms with E-state index >= 15 is 0 Å². The Balaban J connectivity index is 1.79. The Morgan fingerprint density at radius 1 is 1.25 bits per heavy atom. The first kappa shape index (κ1) is 14.7. The Bertz CT molecular complexity index is 433. The highest BCUT2D eigenvalue weighted by atomic mass is 16.2. The molecule has 1 heterocycles. The first-order valence-electron chi connectivity index (χ1n) is 7.70. The number of rotatable bonds is 8. The lowest BCUT2D eigenvalue weighted by Gasteiger charge is -2.15. The maximum atomic E-state index is 11.6. The third-order valence-electron chi connectivity index (χ3n) is 3.62. The highest BCUT2D eigenvalue weighted by Gasteiger charge is 2.20. The van der Waals surface area contributed by atoms with Crippen molar-refractivity contribution in [1.29, 1.82) is 0 Å². The Labute approximate surface area is 121 Å². The maximum Gasteiger partial charge on any atom is 0.321 e. The maximum absolute atomic E-state index is 11.6. The van der Waals surface area contributed by atoms with Crippen molar-refractivity contribution in [3.8, 4) is 0 Å². The molecular weight excluding hydrogens is 250 g/mol. The smallest absolute Gasteiger partial charge is 0.321 e. The molecule has 0 aromatic heterocycles. The molecule has 0 atom stereocenters. The van der Waals surface area contributed by atoms with Gasteiger partial charge < -0.3 is 10.6 Å². The number of carbonyl (C=O) groups excluding carboxylic acids is 1. The van der Waals surface area contributed by atoms with Gasteiger partial charge in [0.15, 0.2) is 0 Å². The molecule has 110 valence electrons. The Morgan fingerprint density at radius 3 is 2.85 bits per heavy atom. The van der Waals surface area contributed by atoms with Gasteiger partial charge >= 0.3 is 6.03 Å². The summed E-state index contributed by atoms with van der Waals surface area (Å²) >= 11 is 0. The van der Waals surface area contributed by atoms with Crippen LogP contribution < -0.4 is 15.5 Å². The molecule has 0 saturated carbocycles. The second kappa shape index (κ2) is 7.78. The minimum Gasteiger partial charge on any atom is -0.385 e. The third-order valence-corrected chi connectivity index (χ3v) is 3.62. The minimum absolute atomic E-state index is 0.00159. The van der Waals surface area contributed by atoms with Crippen molar-refractivity contribution in [2.24, 2.45) is 0 Å². The van der Waals surface area contributed by atoms with E-state index in [4.69, 9.17) is 0 Å². The number of unbranched alkanes of at least 4 members (excludes halogenated alkanes) is 4. The molecule has 0 unspecified atom stereocenters. The molecule has 0 radical (unpaired) electrons. The summed E-state index contributed by atoms with van der Waals surface area (Å²) in [5.74, 6) is 0. The molecule has 2 N–H and O–H groups in total. The molecule has 1 aliphatic heterocycles. The molecule has 1 aromatic carbocycles. The molecule has 1 aliphatic rings. The minimum atomic E-state index is 0.00159. The molecule has 4 heteroatoms. The van der Waals surface area contributed by atoms with Gasteiger partial charge in [-0.05, 0) is 24.6 Å². The number of amides is 2. The van der Waals surface area contributed by atoms with Gasteiger partial charge in [-0.3, -0.25) is 4.90 Å². The van der Waals surface area contributed by atoms with Crippen molar-refractivity contribution in [2.45, 2.75) is 39.0 Å². The molecule has 1 fully saturated rings. The van der Waals surface area contributed by atoms with Crippen LogP contribution in [0, 0.1) is 0 Å². The predicted molar refractivity (Wildman–Crippen MR) is 84.4 cm³/mol. The normalized spacial score (nSPS) is 14.4. The molecule has 0 spiro atoms. The number of benzene rings is 1. The molecule has 2 rings (SSSR count). The fourth-order valence-electron chi connectivity index (χ4n) is 2.46. The summed E-state index contributed by atoms with van der Waals surface area (Å²) in [4.78, 5) is 13.4. The fourth-order valence-corrected chi connectivity index (χ4v) is 2.46. The largest absolute Gasteiger partial charge is 0.385 e. The first-order chi connectivity index (χ1) is 9.81. The standard InChI is InChI=1S/C16H25N3O/c1-2-3-4-5-6-10-17-14-8-7-9-15(13-14)19-12-11-18-16(19)20/h7-9,13,17H,2-6,10-12H2,1H3,(H,18,20). The number of nitrogens with zero attached hydrogens (tertiary/aromatic N) is 1. The topological polar surface area (TPSA) is 44.4 Å². The Morgan fingerprint density at radius 2 is 2.10 bits per heavy atom. The molecule has 4 nitrogen and oxygen atoms in total. The van der Waals surface area contributed by atoms with Gasteiger partial charge in [0.1, 0.15) is 0 Å². The second-order valence-electron chi connectivity index (χ2n) is 5.27. The number of hydrogen-bond donors (Lipinski definition) is 2. The third kappa shape index (κ3) is 4.15. The second-order valence-corrected chi connectivity index (χ2v) is 5.27. The number of carbonyl (C=O) groups is 1. The van der Waals surface area contributed by atoms with E-state index in [2.05, 4.69) is 29.7 Å². The van der Waals surface area contributed by atoms with E-state index in [1.165, 1.54) is 32.1 Å². The fraction of sp³-hybridized carbons (Fsp3) is 0.562. The number of urea groups is 1. The molecule has 1 saturated heterocycles. The van der Waals surface area contributed by atoms with Crippen LogP contribution >= 0.6 is 0 Å². The lowest BCUT2D eigenvalue weighted by Crippen LogP contribution is -2.27. The van der Waals surface area contributed by atoms with Crippen molar-refractivity contribution < 1.29 is 4.79 Å². The molecule has 0 aliphatic carbocycles. The zero-order chi connectivity index (χ0) is 14.2. The summed E-state index contributed by atoms with van der Waals surface area (Å²) in [6.45, 7) is 4.71. The van der Waals surface area contributed by atoms with Gasteiger partial charge in [-0.2, -0.15) is 0 Å². The van der Waals surface area contributed by atoms with E-state index in [-0.39, 0.29) is 6.03 Å². The van der Waals surface area contributed by atoms with Gasteiger partial charge in [0.2, 0.25) is 0 Å². The van der Waals surface area contributed by atoms with E-state index in [1.807, 2.05) is 12.1 Å². The van der Waals surface area contributed by atoms with Crippen LogP contribution in [0.3, 0.4) is 0 Å². The van der Waals surface area contributed by atoms with Crippen LogP contribution in [0.25, 0.3) is 0 Å². The van der Waals surface area contributed by atoms with E-state index in [1.54, 1.807) is 4.90 Å². The zero-order valence-corrected chi connectivity index (χ0v) is 12.3. The van der Waals surface area contributed by atoms with Crippen molar-refractivity contribution in [2.75, 3.05) is 29.9 Å². The van der Waals surface area contributed by atoms with Gasteiger partial charge in [0, 0.05) is 31.0 Å². The van der Waals surface area contributed by atoms with Crippen LogP contribution in [-0.4, -0.2) is 25.7 Å². The summed E-state index contributed by atoms with van der Waals surface area (Å²) in [5.41, 5.74) is 2.06. The number of anilines is 2. The quantitative estimate of drug-likeness (QED) is 0.712. The van der Waals surface area contributed by atoms with Crippen LogP contribution in [-0.2, 0) is 0 Å². The lowest BCUT2D eigenvalue weighted by atomic mass is 10.1. The average molecular weight is 275 g/mol. The summed E-state index contributed by atoms with van der Waals surface area (Å²) in [6.07, 6.45) is 6.43. The van der Waals surface area contributed by atoms with Crippen molar-refractivity contribution in [3.63, 3.8) is 0 Å². The SMILES string of the molecule is CCCCCCCNc1cccc(N2CCNC2=O)c1. The first-order valence-corrected chi connectivity index (χ1v) is 7.70. The number of nitrogens with one attached hydrogen (secondary N) is 2. The van der Waals surface area contributed by atoms with Crippen LogP contribution in [0.2, 0.25) is 0 Å². The van der Waals surface area contributed by atoms with Gasteiger partial charge in [0.05, 0.1) is 0 Å². The molecule has 0 bridgehead atoms.